The maximum absolute atomic E-state index is 12.8. The Balaban J connectivity index is 2.15. The van der Waals surface area contributed by atoms with Gasteiger partial charge in [-0.3, -0.25) is 19.3 Å². The highest BCUT2D eigenvalue weighted by Crippen LogP contribution is 2.40. The second-order valence-electron chi connectivity index (χ2n) is 8.00. The van der Waals surface area contributed by atoms with Crippen molar-refractivity contribution in [3.63, 3.8) is 0 Å². The lowest BCUT2D eigenvalue weighted by molar-refractivity contribution is -0.173. The topological polar surface area (TPSA) is 161 Å². The monoisotopic (exact) mass is 549 g/mol. The highest BCUT2D eigenvalue weighted by atomic mass is 79.9. The Labute approximate surface area is 202 Å². The normalized spacial score (nSPS) is 20.9. The van der Waals surface area contributed by atoms with E-state index in [1.165, 1.54) is 18.9 Å². The smallest absolute Gasteiger partial charge is 0.358 e. The minimum atomic E-state index is -1.06. The number of allylic oxidation sites excluding steroid dienone is 1. The molecule has 1 saturated heterocycles. The van der Waals surface area contributed by atoms with Gasteiger partial charge in [-0.1, -0.05) is 15.9 Å². The number of hydrogen-bond donors (Lipinski definition) is 2. The SMILES string of the molecule is COCC1=C(C(=O)OCOC(=O)C(C)(C)C)N2C(=O)C(NC(=O)C(N=O)=C(O)CBr)[C@H]2SC1. The number of amides is 2. The van der Waals surface area contributed by atoms with E-state index in [0.717, 1.165) is 4.90 Å². The molecule has 0 saturated carbocycles. The molecule has 0 aromatic rings. The first-order valence-electron chi connectivity index (χ1n) is 9.60. The first-order chi connectivity index (χ1) is 15.5. The molecule has 2 rings (SSSR count). The fourth-order valence-corrected chi connectivity index (χ4v) is 4.47. The van der Waals surface area contributed by atoms with Crippen molar-refractivity contribution in [2.45, 2.75) is 32.2 Å². The molecule has 2 heterocycles. The number of thioether (sulfide) groups is 1. The van der Waals surface area contributed by atoms with Gasteiger partial charge in [0.1, 0.15) is 22.9 Å². The first kappa shape index (κ1) is 26.8. The Morgan fingerprint density at radius 3 is 2.52 bits per heavy atom. The number of aliphatic hydroxyl groups excluding tert-OH is 1. The predicted molar refractivity (Wildman–Crippen MR) is 120 cm³/mol. The molecule has 1 fully saturated rings. The van der Waals surface area contributed by atoms with Crippen LogP contribution in [0.25, 0.3) is 0 Å². The van der Waals surface area contributed by atoms with Gasteiger partial charge in [0.05, 0.1) is 17.4 Å². The van der Waals surface area contributed by atoms with Crippen LogP contribution in [-0.2, 0) is 33.4 Å². The molecule has 2 amide bonds. The molecule has 0 aliphatic carbocycles. The molecule has 182 valence electrons. The molecule has 2 N–H and O–H groups in total. The summed E-state index contributed by atoms with van der Waals surface area (Å²) in [6.07, 6.45) is 0. The number of aliphatic hydroxyl groups is 1. The molecular formula is C19H24BrN3O9S. The number of nitroso groups, excluding NO2 is 1. The van der Waals surface area contributed by atoms with E-state index in [0.29, 0.717) is 11.3 Å². The van der Waals surface area contributed by atoms with Gasteiger partial charge in [0.25, 0.3) is 11.8 Å². The lowest BCUT2D eigenvalue weighted by Gasteiger charge is -2.49. The zero-order chi connectivity index (χ0) is 24.9. The van der Waals surface area contributed by atoms with Crippen LogP contribution in [-0.4, -0.2) is 76.8 Å². The number of alkyl halides is 1. The van der Waals surface area contributed by atoms with Crippen LogP contribution in [0.5, 0.6) is 0 Å². The van der Waals surface area contributed by atoms with Crippen LogP contribution in [0.2, 0.25) is 0 Å². The van der Waals surface area contributed by atoms with Crippen molar-refractivity contribution in [1.82, 2.24) is 10.2 Å². The molecular weight excluding hydrogens is 526 g/mol. The largest absolute Gasteiger partial charge is 0.509 e. The van der Waals surface area contributed by atoms with E-state index < -0.39 is 58.8 Å². The Hall–Kier alpha value is -2.45. The number of carbonyl (C=O) groups is 4. The zero-order valence-corrected chi connectivity index (χ0v) is 20.8. The third-order valence-corrected chi connectivity index (χ3v) is 6.42. The van der Waals surface area contributed by atoms with Crippen LogP contribution in [0.15, 0.2) is 27.9 Å². The van der Waals surface area contributed by atoms with Crippen molar-refractivity contribution >= 4 is 51.4 Å². The third kappa shape index (κ3) is 5.92. The van der Waals surface area contributed by atoms with Gasteiger partial charge in [0, 0.05) is 12.9 Å². The van der Waals surface area contributed by atoms with E-state index in [1.54, 1.807) is 20.8 Å². The number of ether oxygens (including phenoxy) is 3. The molecule has 12 nitrogen and oxygen atoms in total. The number of halogens is 1. The molecule has 2 atom stereocenters. The summed E-state index contributed by atoms with van der Waals surface area (Å²) in [6.45, 7) is 4.35. The maximum Gasteiger partial charge on any atom is 0.358 e. The summed E-state index contributed by atoms with van der Waals surface area (Å²) >= 11 is 4.17. The van der Waals surface area contributed by atoms with Crippen LogP contribution in [0.3, 0.4) is 0 Å². The number of β-lactam (4-membered cyclic amide) rings is 1. The van der Waals surface area contributed by atoms with Gasteiger partial charge >= 0.3 is 11.9 Å². The predicted octanol–water partition coefficient (Wildman–Crippen LogP) is 1.31. The number of nitrogens with one attached hydrogen (secondary N) is 1. The highest BCUT2D eigenvalue weighted by Gasteiger charge is 2.54. The lowest BCUT2D eigenvalue weighted by atomic mass is 9.98. The van der Waals surface area contributed by atoms with Crippen molar-refractivity contribution in [1.29, 1.82) is 0 Å². The summed E-state index contributed by atoms with van der Waals surface area (Å²) in [5.41, 5.74) is -1.12. The first-order valence-corrected chi connectivity index (χ1v) is 11.8. The Bertz CT molecular complexity index is 913. The second-order valence-corrected chi connectivity index (χ2v) is 9.66. The summed E-state index contributed by atoms with van der Waals surface area (Å²) in [7, 11) is 1.43. The van der Waals surface area contributed by atoms with Crippen molar-refractivity contribution < 1.29 is 38.5 Å². The van der Waals surface area contributed by atoms with E-state index in [-0.39, 0.29) is 17.6 Å². The van der Waals surface area contributed by atoms with Crippen LogP contribution in [0, 0.1) is 10.3 Å². The number of nitrogens with zero attached hydrogens (tertiary/aromatic N) is 2. The van der Waals surface area contributed by atoms with Crippen LogP contribution in [0.4, 0.5) is 0 Å². The molecule has 0 bridgehead atoms. The summed E-state index contributed by atoms with van der Waals surface area (Å²) in [6, 6.07) is -1.06. The minimum absolute atomic E-state index is 0.0494. The van der Waals surface area contributed by atoms with E-state index in [1.807, 2.05) is 0 Å². The van der Waals surface area contributed by atoms with Gasteiger partial charge in [-0.15, -0.1) is 16.7 Å². The molecule has 14 heteroatoms. The summed E-state index contributed by atoms with van der Waals surface area (Å²) in [5, 5.41) is 13.6. The van der Waals surface area contributed by atoms with Gasteiger partial charge in [-0.05, 0) is 31.5 Å². The maximum atomic E-state index is 12.8. The van der Waals surface area contributed by atoms with Gasteiger partial charge in [-0.25, -0.2) is 4.79 Å². The molecule has 2 aliphatic heterocycles. The van der Waals surface area contributed by atoms with Crippen LogP contribution >= 0.6 is 27.7 Å². The van der Waals surface area contributed by atoms with Gasteiger partial charge < -0.3 is 24.6 Å². The summed E-state index contributed by atoms with van der Waals surface area (Å²) < 4.78 is 15.1. The Morgan fingerprint density at radius 2 is 1.97 bits per heavy atom. The fraction of sp³-hybridized carbons (Fsp3) is 0.579. The molecule has 0 aromatic carbocycles. The molecule has 0 aromatic heterocycles. The second kappa shape index (κ2) is 11.1. The van der Waals surface area contributed by atoms with Gasteiger partial charge in [0.2, 0.25) is 12.5 Å². The minimum Gasteiger partial charge on any atom is -0.509 e. The molecule has 1 unspecified atom stereocenters. The Morgan fingerprint density at radius 1 is 1.30 bits per heavy atom. The number of fused-ring (bicyclic) bond motifs is 1. The third-order valence-electron chi connectivity index (χ3n) is 4.54. The standard InChI is InChI=1S/C19H24BrN3O9S/c1-19(2,3)18(28)32-8-31-17(27)13-9(6-30-4)7-33-16-12(15(26)23(13)16)21-14(25)11(22-29)10(24)5-20/h12,16,24H,5-8H2,1-4H3,(H,21,25)/t12?,16-/m1/s1. The number of esters is 2. The summed E-state index contributed by atoms with van der Waals surface area (Å²) in [5.74, 6) is -3.40. The number of hydrogen-bond acceptors (Lipinski definition) is 11. The van der Waals surface area contributed by atoms with Gasteiger partial charge in [-0.2, -0.15) is 0 Å². The van der Waals surface area contributed by atoms with E-state index in [2.05, 4.69) is 26.4 Å². The highest BCUT2D eigenvalue weighted by molar-refractivity contribution is 9.09. The molecule has 0 radical (unpaired) electrons. The fourth-order valence-electron chi connectivity index (χ4n) is 2.88. The quantitative estimate of drug-likeness (QED) is 0.0815. The molecule has 33 heavy (non-hydrogen) atoms. The summed E-state index contributed by atoms with van der Waals surface area (Å²) in [4.78, 5) is 61.7. The number of carbonyl (C=O) groups excluding carboxylic acids is 4. The van der Waals surface area contributed by atoms with Crippen molar-refractivity contribution in [3.05, 3.63) is 27.6 Å². The average molecular weight is 550 g/mol. The van der Waals surface area contributed by atoms with E-state index in [4.69, 9.17) is 14.2 Å². The van der Waals surface area contributed by atoms with Crippen molar-refractivity contribution in [3.8, 4) is 0 Å². The zero-order valence-electron chi connectivity index (χ0n) is 18.4. The molecule has 0 spiro atoms. The van der Waals surface area contributed by atoms with E-state index in [9.17, 15) is 29.2 Å². The Kier molecular flexibility index (Phi) is 9.03. The van der Waals surface area contributed by atoms with E-state index >= 15 is 0 Å². The van der Waals surface area contributed by atoms with Crippen molar-refractivity contribution in [2.75, 3.05) is 31.6 Å². The van der Waals surface area contributed by atoms with Crippen LogP contribution < -0.4 is 5.32 Å². The number of methoxy groups -OCH3 is 1. The van der Waals surface area contributed by atoms with Crippen LogP contribution in [0.1, 0.15) is 20.8 Å². The van der Waals surface area contributed by atoms with Gasteiger partial charge in [0.15, 0.2) is 0 Å². The molecule has 2 aliphatic rings. The lowest BCUT2D eigenvalue weighted by Crippen LogP contribution is -2.70. The van der Waals surface area contributed by atoms with Crippen molar-refractivity contribution in [2.24, 2.45) is 10.6 Å². The number of rotatable bonds is 9. The average Bonchev–Trinajstić information content (AvgIpc) is 2.76.